The average molecular weight is 367 g/mol. The fourth-order valence-corrected chi connectivity index (χ4v) is 3.41. The zero-order valence-corrected chi connectivity index (χ0v) is 16.5. The summed E-state index contributed by atoms with van der Waals surface area (Å²) < 4.78 is 0. The number of amides is 1. The highest BCUT2D eigenvalue weighted by atomic mass is 16.2. The minimum Gasteiger partial charge on any atom is -0.372 e. The number of hydrogen-bond acceptors (Lipinski definition) is 5. The normalized spacial score (nSPS) is 15.3. The van der Waals surface area contributed by atoms with Gasteiger partial charge in [0.25, 0.3) is 0 Å². The van der Waals surface area contributed by atoms with E-state index in [0.29, 0.717) is 12.5 Å². The van der Waals surface area contributed by atoms with Crippen LogP contribution in [0.4, 0.5) is 11.6 Å². The lowest BCUT2D eigenvalue weighted by molar-refractivity contribution is -0.121. The monoisotopic (exact) mass is 367 g/mol. The van der Waals surface area contributed by atoms with E-state index in [1.54, 1.807) is 0 Å². The topological polar surface area (TPSA) is 70.2 Å². The van der Waals surface area contributed by atoms with Crippen LogP contribution in [-0.4, -0.2) is 35.0 Å². The highest BCUT2D eigenvalue weighted by molar-refractivity contribution is 5.83. The molecule has 1 fully saturated rings. The number of benzene rings is 1. The van der Waals surface area contributed by atoms with E-state index in [-0.39, 0.29) is 5.91 Å². The van der Waals surface area contributed by atoms with Crippen LogP contribution < -0.4 is 15.5 Å². The first-order chi connectivity index (χ1) is 13.0. The van der Waals surface area contributed by atoms with E-state index < -0.39 is 6.04 Å². The molecule has 6 nitrogen and oxygen atoms in total. The smallest absolute Gasteiger partial charge is 0.242 e. The van der Waals surface area contributed by atoms with Crippen molar-refractivity contribution < 1.29 is 4.79 Å². The molecular formula is C21H29N5O. The van der Waals surface area contributed by atoms with Crippen LogP contribution in [0.1, 0.15) is 43.1 Å². The Hall–Kier alpha value is -2.63. The van der Waals surface area contributed by atoms with Gasteiger partial charge >= 0.3 is 0 Å². The molecule has 3 rings (SSSR count). The van der Waals surface area contributed by atoms with Crippen LogP contribution >= 0.6 is 0 Å². The van der Waals surface area contributed by atoms with Gasteiger partial charge in [-0.25, -0.2) is 9.97 Å². The second-order valence-electron chi connectivity index (χ2n) is 7.28. The maximum Gasteiger partial charge on any atom is 0.242 e. The molecule has 0 spiro atoms. The summed E-state index contributed by atoms with van der Waals surface area (Å²) in [6.07, 6.45) is 3.83. The molecule has 1 aliphatic rings. The molecule has 1 aromatic carbocycles. The van der Waals surface area contributed by atoms with Crippen molar-refractivity contribution in [2.75, 3.05) is 23.3 Å². The van der Waals surface area contributed by atoms with E-state index >= 15 is 0 Å². The zero-order valence-electron chi connectivity index (χ0n) is 16.5. The number of hydrogen-bond donors (Lipinski definition) is 2. The molecule has 1 unspecified atom stereocenters. The highest BCUT2D eigenvalue weighted by Gasteiger charge is 2.15. The summed E-state index contributed by atoms with van der Waals surface area (Å²) >= 11 is 0. The number of aryl methyl sites for hydroxylation is 2. The van der Waals surface area contributed by atoms with Gasteiger partial charge in [-0.1, -0.05) is 12.1 Å². The molecule has 0 bridgehead atoms. The van der Waals surface area contributed by atoms with Gasteiger partial charge in [-0.2, -0.15) is 0 Å². The number of aromatic nitrogens is 2. The van der Waals surface area contributed by atoms with Gasteiger partial charge in [-0.15, -0.1) is 0 Å². The quantitative estimate of drug-likeness (QED) is 0.820. The van der Waals surface area contributed by atoms with Crippen LogP contribution in [0.5, 0.6) is 0 Å². The fourth-order valence-electron chi connectivity index (χ4n) is 3.41. The molecule has 2 heterocycles. The third-order valence-corrected chi connectivity index (χ3v) is 4.82. The first-order valence-corrected chi connectivity index (χ1v) is 9.72. The summed E-state index contributed by atoms with van der Waals surface area (Å²) in [5.74, 6) is 0.420. The number of nitrogens with one attached hydrogen (secondary N) is 2. The lowest BCUT2D eigenvalue weighted by atomic mass is 10.1. The summed E-state index contributed by atoms with van der Waals surface area (Å²) in [5.41, 5.74) is 4.12. The third-order valence-electron chi connectivity index (χ3n) is 4.82. The number of nitrogens with zero attached hydrogens (tertiary/aromatic N) is 3. The van der Waals surface area contributed by atoms with Gasteiger partial charge in [0, 0.05) is 36.7 Å². The Morgan fingerprint density at radius 3 is 2.52 bits per heavy atom. The molecule has 0 saturated carbocycles. The number of anilines is 2. The third kappa shape index (κ3) is 5.42. The first kappa shape index (κ1) is 19.1. The largest absolute Gasteiger partial charge is 0.372 e. The van der Waals surface area contributed by atoms with Crippen molar-refractivity contribution in [3.63, 3.8) is 0 Å². The van der Waals surface area contributed by atoms with Gasteiger partial charge in [-0.05, 0) is 63.8 Å². The lowest BCUT2D eigenvalue weighted by Gasteiger charge is -2.29. The Labute approximate surface area is 161 Å². The molecule has 0 aliphatic carbocycles. The molecule has 2 aromatic rings. The lowest BCUT2D eigenvalue weighted by Crippen LogP contribution is -2.37. The maximum atomic E-state index is 12.4. The second-order valence-corrected chi connectivity index (χ2v) is 7.28. The van der Waals surface area contributed by atoms with Crippen molar-refractivity contribution >= 4 is 17.5 Å². The van der Waals surface area contributed by atoms with E-state index in [1.165, 1.54) is 24.9 Å². The van der Waals surface area contributed by atoms with Crippen LogP contribution in [0.15, 0.2) is 30.3 Å². The van der Waals surface area contributed by atoms with Gasteiger partial charge in [0.15, 0.2) is 0 Å². The van der Waals surface area contributed by atoms with Crippen molar-refractivity contribution in [3.05, 3.63) is 47.3 Å². The Morgan fingerprint density at radius 2 is 1.81 bits per heavy atom. The maximum absolute atomic E-state index is 12.4. The summed E-state index contributed by atoms with van der Waals surface area (Å²) in [7, 11) is 0. The summed E-state index contributed by atoms with van der Waals surface area (Å²) in [6.45, 7) is 8.40. The standard InChI is InChI=1S/C21H29N5O/c1-15-12-16(2)24-21(23-15)25-17(3)20(27)22-14-18-8-7-9-19(13-18)26-10-5-4-6-11-26/h7-9,12-13,17H,4-6,10-11,14H2,1-3H3,(H,22,27)(H,23,24,25). The molecule has 1 amide bonds. The van der Waals surface area contributed by atoms with Crippen LogP contribution in [0.25, 0.3) is 0 Å². The van der Waals surface area contributed by atoms with Gasteiger partial charge in [0.1, 0.15) is 6.04 Å². The Kier molecular flexibility index (Phi) is 6.27. The molecule has 144 valence electrons. The molecule has 2 N–H and O–H groups in total. The van der Waals surface area contributed by atoms with Crippen molar-refractivity contribution in [1.82, 2.24) is 15.3 Å². The Morgan fingerprint density at radius 1 is 1.11 bits per heavy atom. The van der Waals surface area contributed by atoms with Gasteiger partial charge in [0.05, 0.1) is 0 Å². The molecule has 0 radical (unpaired) electrons. The van der Waals surface area contributed by atoms with Crippen LogP contribution in [-0.2, 0) is 11.3 Å². The number of carbonyl (C=O) groups is 1. The van der Waals surface area contributed by atoms with Gasteiger partial charge in [-0.3, -0.25) is 4.79 Å². The van der Waals surface area contributed by atoms with Crippen molar-refractivity contribution in [1.29, 1.82) is 0 Å². The molecule has 27 heavy (non-hydrogen) atoms. The summed E-state index contributed by atoms with van der Waals surface area (Å²) in [4.78, 5) is 23.5. The van der Waals surface area contributed by atoms with E-state index in [2.05, 4.69) is 49.8 Å². The van der Waals surface area contributed by atoms with E-state index in [1.807, 2.05) is 26.8 Å². The first-order valence-electron chi connectivity index (χ1n) is 9.72. The van der Waals surface area contributed by atoms with Crippen LogP contribution in [0.3, 0.4) is 0 Å². The predicted octanol–water partition coefficient (Wildman–Crippen LogP) is 3.20. The minimum absolute atomic E-state index is 0.0684. The molecule has 1 aliphatic heterocycles. The van der Waals surface area contributed by atoms with E-state index in [9.17, 15) is 4.79 Å². The second kappa shape index (κ2) is 8.84. The molecule has 1 atom stereocenters. The van der Waals surface area contributed by atoms with E-state index in [4.69, 9.17) is 0 Å². The number of piperidine rings is 1. The average Bonchev–Trinajstić information content (AvgIpc) is 2.66. The Bertz CT molecular complexity index is 766. The van der Waals surface area contributed by atoms with Crippen LogP contribution in [0.2, 0.25) is 0 Å². The number of rotatable bonds is 6. The summed E-state index contributed by atoms with van der Waals surface area (Å²) in [5, 5.41) is 6.08. The van der Waals surface area contributed by atoms with E-state index in [0.717, 1.165) is 30.0 Å². The van der Waals surface area contributed by atoms with Crippen molar-refractivity contribution in [2.45, 2.75) is 52.6 Å². The van der Waals surface area contributed by atoms with Crippen LogP contribution in [0, 0.1) is 13.8 Å². The number of carbonyl (C=O) groups excluding carboxylic acids is 1. The van der Waals surface area contributed by atoms with Gasteiger partial charge < -0.3 is 15.5 Å². The minimum atomic E-state index is -0.406. The SMILES string of the molecule is Cc1cc(C)nc(NC(C)C(=O)NCc2cccc(N3CCCCC3)c2)n1. The highest BCUT2D eigenvalue weighted by Crippen LogP contribution is 2.20. The van der Waals surface area contributed by atoms with Gasteiger partial charge in [0.2, 0.25) is 11.9 Å². The zero-order chi connectivity index (χ0) is 19.2. The van der Waals surface area contributed by atoms with Crippen molar-refractivity contribution in [3.8, 4) is 0 Å². The fraction of sp³-hybridized carbons (Fsp3) is 0.476. The summed E-state index contributed by atoms with van der Waals surface area (Å²) in [6, 6.07) is 9.95. The predicted molar refractivity (Wildman–Crippen MR) is 109 cm³/mol. The molecule has 6 heteroatoms. The van der Waals surface area contributed by atoms with Crippen molar-refractivity contribution in [2.24, 2.45) is 0 Å². The molecule has 1 aromatic heterocycles. The Balaban J connectivity index is 1.55. The molecule has 1 saturated heterocycles. The molecular weight excluding hydrogens is 338 g/mol.